The van der Waals surface area contributed by atoms with Crippen LogP contribution in [-0.4, -0.2) is 48.3 Å². The fourth-order valence-corrected chi connectivity index (χ4v) is 1.78. The average Bonchev–Trinajstić information content (AvgIpc) is 2.56. The molecule has 0 radical (unpaired) electrons. The summed E-state index contributed by atoms with van der Waals surface area (Å²) in [5.74, 6) is -0.795. The van der Waals surface area contributed by atoms with E-state index < -0.39 is 11.5 Å². The Morgan fingerprint density at radius 2 is 2.08 bits per heavy atom. The third kappa shape index (κ3) is 2.00. The summed E-state index contributed by atoms with van der Waals surface area (Å²) in [6.07, 6.45) is 2.18. The van der Waals surface area contributed by atoms with E-state index in [0.717, 1.165) is 25.9 Å². The van der Waals surface area contributed by atoms with Gasteiger partial charge in [0, 0.05) is 7.11 Å². The smallest absolute Gasteiger partial charge is 0.326 e. The van der Waals surface area contributed by atoms with Crippen LogP contribution in [0.25, 0.3) is 0 Å². The van der Waals surface area contributed by atoms with Crippen molar-refractivity contribution in [1.29, 1.82) is 0 Å². The molecule has 0 saturated carbocycles. The second-order valence-corrected chi connectivity index (χ2v) is 3.71. The van der Waals surface area contributed by atoms with Crippen molar-refractivity contribution in [2.75, 3.05) is 26.8 Å². The van der Waals surface area contributed by atoms with Gasteiger partial charge in [-0.25, -0.2) is 0 Å². The number of carboxylic acid groups (broad SMARTS) is 1. The zero-order valence-electron chi connectivity index (χ0n) is 8.25. The lowest BCUT2D eigenvalue weighted by atomic mass is 10.0. The predicted octanol–water partition coefficient (Wildman–Crippen LogP) is 0.572. The number of rotatable bonds is 4. The Labute approximate surface area is 78.5 Å². The van der Waals surface area contributed by atoms with Crippen LogP contribution in [0.5, 0.6) is 0 Å². The lowest BCUT2D eigenvalue weighted by molar-refractivity contribution is -0.153. The van der Waals surface area contributed by atoms with Gasteiger partial charge in [-0.2, -0.15) is 0 Å². The lowest BCUT2D eigenvalue weighted by Crippen LogP contribution is -2.54. The summed E-state index contributed by atoms with van der Waals surface area (Å²) >= 11 is 0. The van der Waals surface area contributed by atoms with Gasteiger partial charge in [0.15, 0.2) is 0 Å². The van der Waals surface area contributed by atoms with Gasteiger partial charge >= 0.3 is 5.97 Å². The average molecular weight is 187 g/mol. The van der Waals surface area contributed by atoms with E-state index in [0.29, 0.717) is 0 Å². The van der Waals surface area contributed by atoms with Crippen molar-refractivity contribution in [2.45, 2.75) is 25.3 Å². The van der Waals surface area contributed by atoms with E-state index >= 15 is 0 Å². The number of carboxylic acids is 1. The van der Waals surface area contributed by atoms with Gasteiger partial charge < -0.3 is 9.84 Å². The summed E-state index contributed by atoms with van der Waals surface area (Å²) in [5.41, 5.74) is -0.842. The first-order valence-electron chi connectivity index (χ1n) is 4.58. The first-order chi connectivity index (χ1) is 6.11. The topological polar surface area (TPSA) is 49.8 Å². The molecule has 1 N–H and O–H groups in total. The highest BCUT2D eigenvalue weighted by atomic mass is 16.5. The Bertz CT molecular complexity index is 189. The van der Waals surface area contributed by atoms with E-state index in [1.807, 2.05) is 4.90 Å². The third-order valence-corrected chi connectivity index (χ3v) is 2.69. The Morgan fingerprint density at radius 1 is 1.54 bits per heavy atom. The standard InChI is InChI=1S/C9H17NO3/c1-9(7-13-2,8(11)12)10-5-3-4-6-10/h3-7H2,1-2H3,(H,11,12). The number of hydrogen-bond donors (Lipinski definition) is 1. The molecule has 1 aliphatic heterocycles. The molecule has 1 aliphatic rings. The fraction of sp³-hybridized carbons (Fsp3) is 0.889. The first kappa shape index (κ1) is 10.5. The molecule has 0 aromatic rings. The Kier molecular flexibility index (Phi) is 3.27. The van der Waals surface area contributed by atoms with Crippen molar-refractivity contribution in [3.05, 3.63) is 0 Å². The van der Waals surface area contributed by atoms with Gasteiger partial charge in [0.05, 0.1) is 6.61 Å². The number of likely N-dealkylation sites (tertiary alicyclic amines) is 1. The number of methoxy groups -OCH3 is 1. The molecule has 1 fully saturated rings. The number of carbonyl (C=O) groups is 1. The van der Waals surface area contributed by atoms with E-state index in [4.69, 9.17) is 9.84 Å². The van der Waals surface area contributed by atoms with Crippen LogP contribution in [0.1, 0.15) is 19.8 Å². The van der Waals surface area contributed by atoms with E-state index in [9.17, 15) is 4.79 Å². The van der Waals surface area contributed by atoms with Crippen molar-refractivity contribution >= 4 is 5.97 Å². The highest BCUT2D eigenvalue weighted by Gasteiger charge is 2.40. The molecule has 0 aliphatic carbocycles. The SMILES string of the molecule is COCC(C)(C(=O)O)N1CCCC1. The Hall–Kier alpha value is -0.610. The van der Waals surface area contributed by atoms with Crippen molar-refractivity contribution in [3.63, 3.8) is 0 Å². The maximum Gasteiger partial charge on any atom is 0.326 e. The molecule has 0 amide bonds. The van der Waals surface area contributed by atoms with E-state index in [1.165, 1.54) is 7.11 Å². The van der Waals surface area contributed by atoms with Crippen LogP contribution in [0.4, 0.5) is 0 Å². The van der Waals surface area contributed by atoms with Crippen molar-refractivity contribution in [3.8, 4) is 0 Å². The molecule has 76 valence electrons. The molecule has 0 aromatic carbocycles. The van der Waals surface area contributed by atoms with Crippen LogP contribution < -0.4 is 0 Å². The molecule has 0 spiro atoms. The Balaban J connectivity index is 2.69. The molecular weight excluding hydrogens is 170 g/mol. The number of nitrogens with zero attached hydrogens (tertiary/aromatic N) is 1. The van der Waals surface area contributed by atoms with Gasteiger partial charge in [0.1, 0.15) is 5.54 Å². The summed E-state index contributed by atoms with van der Waals surface area (Å²) in [4.78, 5) is 13.1. The molecule has 1 atom stereocenters. The molecule has 1 saturated heterocycles. The Morgan fingerprint density at radius 3 is 2.46 bits per heavy atom. The summed E-state index contributed by atoms with van der Waals surface area (Å²) in [7, 11) is 1.54. The summed E-state index contributed by atoms with van der Waals surface area (Å²) in [6.45, 7) is 3.71. The first-order valence-corrected chi connectivity index (χ1v) is 4.58. The van der Waals surface area contributed by atoms with Gasteiger partial charge in [-0.05, 0) is 32.9 Å². The zero-order valence-corrected chi connectivity index (χ0v) is 8.25. The van der Waals surface area contributed by atoms with Gasteiger partial charge in [-0.3, -0.25) is 9.69 Å². The molecule has 4 heteroatoms. The van der Waals surface area contributed by atoms with Crippen LogP contribution in [0.15, 0.2) is 0 Å². The van der Waals surface area contributed by atoms with Crippen molar-refractivity contribution in [2.24, 2.45) is 0 Å². The summed E-state index contributed by atoms with van der Waals surface area (Å²) in [6, 6.07) is 0. The highest BCUT2D eigenvalue weighted by molar-refractivity contribution is 5.78. The van der Waals surface area contributed by atoms with Crippen LogP contribution in [0.2, 0.25) is 0 Å². The molecule has 0 aromatic heterocycles. The van der Waals surface area contributed by atoms with Gasteiger partial charge in [-0.1, -0.05) is 0 Å². The van der Waals surface area contributed by atoms with Crippen molar-refractivity contribution in [1.82, 2.24) is 4.90 Å². The minimum atomic E-state index is -0.842. The highest BCUT2D eigenvalue weighted by Crippen LogP contribution is 2.21. The van der Waals surface area contributed by atoms with Gasteiger partial charge in [-0.15, -0.1) is 0 Å². The molecule has 1 heterocycles. The summed E-state index contributed by atoms with van der Waals surface area (Å²) in [5, 5.41) is 9.10. The second kappa shape index (κ2) is 4.07. The van der Waals surface area contributed by atoms with Crippen LogP contribution in [-0.2, 0) is 9.53 Å². The largest absolute Gasteiger partial charge is 0.480 e. The second-order valence-electron chi connectivity index (χ2n) is 3.71. The molecule has 0 bridgehead atoms. The van der Waals surface area contributed by atoms with Gasteiger partial charge in [0.2, 0.25) is 0 Å². The zero-order chi connectivity index (χ0) is 9.90. The van der Waals surface area contributed by atoms with Crippen molar-refractivity contribution < 1.29 is 14.6 Å². The number of hydrogen-bond acceptors (Lipinski definition) is 3. The minimum absolute atomic E-state index is 0.252. The van der Waals surface area contributed by atoms with E-state index in [1.54, 1.807) is 6.92 Å². The summed E-state index contributed by atoms with van der Waals surface area (Å²) < 4.78 is 4.96. The predicted molar refractivity (Wildman–Crippen MR) is 48.7 cm³/mol. The van der Waals surface area contributed by atoms with E-state index in [2.05, 4.69) is 0 Å². The maximum absolute atomic E-state index is 11.1. The van der Waals surface area contributed by atoms with Gasteiger partial charge in [0.25, 0.3) is 0 Å². The monoisotopic (exact) mass is 187 g/mol. The maximum atomic E-state index is 11.1. The lowest BCUT2D eigenvalue weighted by Gasteiger charge is -2.33. The third-order valence-electron chi connectivity index (χ3n) is 2.69. The molecular formula is C9H17NO3. The number of ether oxygens (including phenoxy) is 1. The molecule has 13 heavy (non-hydrogen) atoms. The fourth-order valence-electron chi connectivity index (χ4n) is 1.78. The molecule has 4 nitrogen and oxygen atoms in total. The minimum Gasteiger partial charge on any atom is -0.480 e. The van der Waals surface area contributed by atoms with E-state index in [-0.39, 0.29) is 6.61 Å². The molecule has 1 unspecified atom stereocenters. The van der Waals surface area contributed by atoms with Crippen LogP contribution >= 0.6 is 0 Å². The molecule has 1 rings (SSSR count). The number of aliphatic carboxylic acids is 1. The normalized spacial score (nSPS) is 22.9. The van der Waals surface area contributed by atoms with Crippen LogP contribution in [0, 0.1) is 0 Å². The quantitative estimate of drug-likeness (QED) is 0.699. The van der Waals surface area contributed by atoms with Crippen LogP contribution in [0.3, 0.4) is 0 Å².